The van der Waals surface area contributed by atoms with Crippen LogP contribution in [0.1, 0.15) is 30.4 Å². The average molecular weight is 260 g/mol. The number of aromatic hydroxyl groups is 1. The van der Waals surface area contributed by atoms with E-state index in [2.05, 4.69) is 10.6 Å². The molecule has 1 aromatic rings. The van der Waals surface area contributed by atoms with E-state index in [4.69, 9.17) is 0 Å². The highest BCUT2D eigenvalue weighted by molar-refractivity contribution is 5.95. The molecule has 3 rings (SSSR count). The highest BCUT2D eigenvalue weighted by Crippen LogP contribution is 2.35. The van der Waals surface area contributed by atoms with Crippen LogP contribution in [0.4, 0.5) is 5.69 Å². The standard InChI is InChI=1S/C15H20N2O2/c1-8-5-9(2)14(18)13(6-8)17-15(19)11-7-10-3-4-12(11)16-10/h5-6,10-12,16,18H,3-4,7H2,1-2H3,(H,17,19). The van der Waals surface area contributed by atoms with E-state index in [-0.39, 0.29) is 17.6 Å². The first-order valence-electron chi connectivity index (χ1n) is 6.91. The van der Waals surface area contributed by atoms with E-state index in [9.17, 15) is 9.90 Å². The van der Waals surface area contributed by atoms with E-state index >= 15 is 0 Å². The van der Waals surface area contributed by atoms with Crippen LogP contribution in [0.25, 0.3) is 0 Å². The molecule has 2 fully saturated rings. The molecule has 0 saturated carbocycles. The molecule has 4 heteroatoms. The molecule has 0 spiro atoms. The molecule has 19 heavy (non-hydrogen) atoms. The zero-order valence-corrected chi connectivity index (χ0v) is 11.4. The summed E-state index contributed by atoms with van der Waals surface area (Å²) in [5.74, 6) is 0.244. The molecular weight excluding hydrogens is 240 g/mol. The molecule has 0 radical (unpaired) electrons. The van der Waals surface area contributed by atoms with Crippen LogP contribution in [0.5, 0.6) is 5.75 Å². The third kappa shape index (κ3) is 2.21. The van der Waals surface area contributed by atoms with Gasteiger partial charge in [0.05, 0.1) is 11.6 Å². The van der Waals surface area contributed by atoms with Crippen molar-refractivity contribution in [2.24, 2.45) is 5.92 Å². The fraction of sp³-hybridized carbons (Fsp3) is 0.533. The Morgan fingerprint density at radius 3 is 2.79 bits per heavy atom. The highest BCUT2D eigenvalue weighted by Gasteiger charge is 2.42. The van der Waals surface area contributed by atoms with E-state index in [1.54, 1.807) is 0 Å². The number of amides is 1. The summed E-state index contributed by atoms with van der Waals surface area (Å²) in [6.07, 6.45) is 3.19. The number of hydrogen-bond acceptors (Lipinski definition) is 3. The van der Waals surface area contributed by atoms with Gasteiger partial charge in [0.2, 0.25) is 5.91 Å². The van der Waals surface area contributed by atoms with Gasteiger partial charge in [0.1, 0.15) is 5.75 Å². The van der Waals surface area contributed by atoms with Crippen molar-refractivity contribution in [2.75, 3.05) is 5.32 Å². The van der Waals surface area contributed by atoms with Gasteiger partial charge in [0.25, 0.3) is 0 Å². The van der Waals surface area contributed by atoms with Gasteiger partial charge in [0, 0.05) is 12.1 Å². The van der Waals surface area contributed by atoms with Gasteiger partial charge in [0.15, 0.2) is 0 Å². The van der Waals surface area contributed by atoms with Crippen molar-refractivity contribution in [1.29, 1.82) is 0 Å². The highest BCUT2D eigenvalue weighted by atomic mass is 16.3. The summed E-state index contributed by atoms with van der Waals surface area (Å²) in [7, 11) is 0. The molecule has 102 valence electrons. The molecule has 2 saturated heterocycles. The summed E-state index contributed by atoms with van der Waals surface area (Å²) in [5.41, 5.74) is 2.36. The van der Waals surface area contributed by atoms with Gasteiger partial charge in [-0.1, -0.05) is 6.07 Å². The number of fused-ring (bicyclic) bond motifs is 2. The molecule has 3 N–H and O–H groups in total. The first kappa shape index (κ1) is 12.5. The van der Waals surface area contributed by atoms with Gasteiger partial charge in [-0.2, -0.15) is 0 Å². The number of carbonyl (C=O) groups is 1. The van der Waals surface area contributed by atoms with Gasteiger partial charge in [-0.3, -0.25) is 4.79 Å². The maximum Gasteiger partial charge on any atom is 0.229 e. The molecule has 2 bridgehead atoms. The number of benzene rings is 1. The minimum absolute atomic E-state index is 0.0278. The molecule has 2 heterocycles. The fourth-order valence-electron chi connectivity index (χ4n) is 3.39. The molecule has 3 atom stereocenters. The molecule has 2 aliphatic rings. The minimum Gasteiger partial charge on any atom is -0.505 e. The van der Waals surface area contributed by atoms with Gasteiger partial charge < -0.3 is 15.7 Å². The Labute approximate surface area is 113 Å². The smallest absolute Gasteiger partial charge is 0.229 e. The Morgan fingerprint density at radius 1 is 1.37 bits per heavy atom. The number of nitrogens with one attached hydrogen (secondary N) is 2. The molecule has 0 aliphatic carbocycles. The zero-order valence-electron chi connectivity index (χ0n) is 11.4. The summed E-state index contributed by atoms with van der Waals surface area (Å²) < 4.78 is 0. The summed E-state index contributed by atoms with van der Waals surface area (Å²) in [6, 6.07) is 4.55. The molecule has 1 amide bonds. The molecule has 2 aliphatic heterocycles. The summed E-state index contributed by atoms with van der Waals surface area (Å²) >= 11 is 0. The maximum absolute atomic E-state index is 12.3. The normalized spacial score (nSPS) is 28.6. The molecular formula is C15H20N2O2. The van der Waals surface area contributed by atoms with Gasteiger partial charge in [-0.05, 0) is 50.3 Å². The van der Waals surface area contributed by atoms with Crippen LogP contribution in [-0.4, -0.2) is 23.1 Å². The van der Waals surface area contributed by atoms with Crippen LogP contribution in [0, 0.1) is 19.8 Å². The van der Waals surface area contributed by atoms with Crippen molar-refractivity contribution in [3.05, 3.63) is 23.3 Å². The van der Waals surface area contributed by atoms with Crippen LogP contribution in [0.15, 0.2) is 12.1 Å². The number of phenolic OH excluding ortho intramolecular Hbond substituents is 1. The summed E-state index contributed by atoms with van der Waals surface area (Å²) in [5, 5.41) is 16.4. The van der Waals surface area contributed by atoms with Crippen molar-refractivity contribution in [3.8, 4) is 5.75 Å². The third-order valence-electron chi connectivity index (χ3n) is 4.34. The topological polar surface area (TPSA) is 61.4 Å². The van der Waals surface area contributed by atoms with Crippen molar-refractivity contribution in [3.63, 3.8) is 0 Å². The predicted molar refractivity (Wildman–Crippen MR) is 74.3 cm³/mol. The first-order chi connectivity index (χ1) is 9.04. The van der Waals surface area contributed by atoms with Crippen molar-refractivity contribution in [1.82, 2.24) is 5.32 Å². The average Bonchev–Trinajstić information content (AvgIpc) is 2.97. The lowest BCUT2D eigenvalue weighted by atomic mass is 9.88. The molecule has 1 aromatic carbocycles. The monoisotopic (exact) mass is 260 g/mol. The van der Waals surface area contributed by atoms with E-state index in [1.165, 1.54) is 6.42 Å². The van der Waals surface area contributed by atoms with Crippen LogP contribution >= 0.6 is 0 Å². The Kier molecular flexibility index (Phi) is 2.97. The first-order valence-corrected chi connectivity index (χ1v) is 6.91. The van der Waals surface area contributed by atoms with Gasteiger partial charge in [-0.25, -0.2) is 0 Å². The number of carbonyl (C=O) groups excluding carboxylic acids is 1. The second-order valence-electron chi connectivity index (χ2n) is 5.86. The Hall–Kier alpha value is -1.55. The third-order valence-corrected chi connectivity index (χ3v) is 4.34. The lowest BCUT2D eigenvalue weighted by Gasteiger charge is -2.20. The SMILES string of the molecule is Cc1cc(C)c(O)c(NC(=O)C2CC3CCC2N3)c1. The van der Waals surface area contributed by atoms with Crippen molar-refractivity contribution in [2.45, 2.75) is 45.2 Å². The van der Waals surface area contributed by atoms with Crippen LogP contribution in [-0.2, 0) is 4.79 Å². The van der Waals surface area contributed by atoms with E-state index in [0.29, 0.717) is 17.8 Å². The Morgan fingerprint density at radius 2 is 2.16 bits per heavy atom. The van der Waals surface area contributed by atoms with Gasteiger partial charge in [-0.15, -0.1) is 0 Å². The minimum atomic E-state index is 0.0278. The van der Waals surface area contributed by atoms with Crippen LogP contribution in [0.3, 0.4) is 0 Å². The molecule has 4 nitrogen and oxygen atoms in total. The van der Waals surface area contributed by atoms with Crippen molar-refractivity contribution >= 4 is 11.6 Å². The Balaban J connectivity index is 1.76. The lowest BCUT2D eigenvalue weighted by molar-refractivity contribution is -0.120. The fourth-order valence-corrected chi connectivity index (χ4v) is 3.39. The largest absolute Gasteiger partial charge is 0.505 e. The maximum atomic E-state index is 12.3. The summed E-state index contributed by atoms with van der Waals surface area (Å²) in [4.78, 5) is 12.3. The Bertz CT molecular complexity index is 527. The van der Waals surface area contributed by atoms with Gasteiger partial charge >= 0.3 is 0 Å². The second kappa shape index (κ2) is 4.53. The molecule has 0 aromatic heterocycles. The van der Waals surface area contributed by atoms with Crippen LogP contribution in [0.2, 0.25) is 0 Å². The van der Waals surface area contributed by atoms with E-state index in [1.807, 2.05) is 26.0 Å². The van der Waals surface area contributed by atoms with E-state index in [0.717, 1.165) is 24.0 Å². The van der Waals surface area contributed by atoms with E-state index < -0.39 is 0 Å². The number of rotatable bonds is 2. The number of hydrogen-bond donors (Lipinski definition) is 3. The number of anilines is 1. The number of aryl methyl sites for hydroxylation is 2. The quantitative estimate of drug-likeness (QED) is 0.714. The second-order valence-corrected chi connectivity index (χ2v) is 5.86. The summed E-state index contributed by atoms with van der Waals surface area (Å²) in [6.45, 7) is 3.80. The van der Waals surface area contributed by atoms with Crippen LogP contribution < -0.4 is 10.6 Å². The lowest BCUT2D eigenvalue weighted by Crippen LogP contribution is -2.32. The number of phenols is 1. The van der Waals surface area contributed by atoms with Crippen molar-refractivity contribution < 1.29 is 9.90 Å². The zero-order chi connectivity index (χ0) is 13.6. The predicted octanol–water partition coefficient (Wildman–Crippen LogP) is 2.09. The molecule has 3 unspecified atom stereocenters.